The van der Waals surface area contributed by atoms with E-state index in [4.69, 9.17) is 0 Å². The highest BCUT2D eigenvalue weighted by molar-refractivity contribution is 6.14. The Morgan fingerprint density at radius 1 is 0.727 bits per heavy atom. The van der Waals surface area contributed by atoms with Crippen LogP contribution >= 0.6 is 0 Å². The second-order valence-corrected chi connectivity index (χ2v) is 8.08. The maximum atomic E-state index is 13.3. The smallest absolute Gasteiger partial charge is 0.194 e. The van der Waals surface area contributed by atoms with E-state index in [1.807, 2.05) is 96.9 Å². The number of ketones is 1. The maximum absolute atomic E-state index is 13.3. The van der Waals surface area contributed by atoms with Crippen LogP contribution < -0.4 is 9.80 Å². The summed E-state index contributed by atoms with van der Waals surface area (Å²) in [5.41, 5.74) is 5.59. The van der Waals surface area contributed by atoms with Crippen LogP contribution in [-0.4, -0.2) is 24.5 Å². The number of fused-ring (bicyclic) bond motifs is 1. The molecule has 1 aliphatic rings. The summed E-state index contributed by atoms with van der Waals surface area (Å²) in [6.45, 7) is 0.365. The zero-order chi connectivity index (χ0) is 22.8. The number of aliphatic hydroxyl groups is 1. The molecule has 0 bridgehead atoms. The van der Waals surface area contributed by atoms with E-state index in [0.29, 0.717) is 23.2 Å². The highest BCUT2D eigenvalue weighted by Crippen LogP contribution is 2.36. The van der Waals surface area contributed by atoms with Crippen LogP contribution in [0.15, 0.2) is 115 Å². The first-order chi connectivity index (χ1) is 16.1. The number of para-hydroxylation sites is 3. The van der Waals surface area contributed by atoms with Gasteiger partial charge in [-0.3, -0.25) is 4.79 Å². The van der Waals surface area contributed by atoms with Gasteiger partial charge < -0.3 is 14.9 Å². The molecule has 0 aromatic heterocycles. The van der Waals surface area contributed by atoms with Crippen molar-refractivity contribution in [1.82, 2.24) is 0 Å². The lowest BCUT2D eigenvalue weighted by molar-refractivity contribution is 0.103. The lowest BCUT2D eigenvalue weighted by Crippen LogP contribution is -2.29. The van der Waals surface area contributed by atoms with Crippen LogP contribution in [0.3, 0.4) is 0 Å². The molecule has 33 heavy (non-hydrogen) atoms. The van der Waals surface area contributed by atoms with Gasteiger partial charge in [-0.2, -0.15) is 0 Å². The minimum atomic E-state index is -0.161. The number of likely N-dealkylation sites (N-methyl/N-ethyl adjacent to an activating group) is 1. The largest absolute Gasteiger partial charge is 0.507 e. The molecule has 0 fully saturated rings. The standard InChI is InChI=1S/C29H24N2O2/c1-30-20-26(29(33)25-14-8-9-15-27(25)30)28(32)21-16-18-24(19-17-21)31(22-10-4-2-5-11-22)23-12-6-3-7-13-23/h2-19,33H,20H2,1H3. The number of aliphatic hydroxyl groups excluding tert-OH is 1. The van der Waals surface area contributed by atoms with E-state index in [9.17, 15) is 9.90 Å². The molecule has 0 saturated heterocycles. The predicted molar refractivity (Wildman–Crippen MR) is 135 cm³/mol. The summed E-state index contributed by atoms with van der Waals surface area (Å²) in [7, 11) is 1.93. The number of nitrogens with zero attached hydrogens (tertiary/aromatic N) is 2. The molecule has 0 unspecified atom stereocenters. The fraction of sp³-hybridized carbons (Fsp3) is 0.0690. The van der Waals surface area contributed by atoms with Crippen molar-refractivity contribution in [2.24, 2.45) is 0 Å². The molecule has 0 spiro atoms. The maximum Gasteiger partial charge on any atom is 0.194 e. The van der Waals surface area contributed by atoms with Gasteiger partial charge in [0.05, 0.1) is 12.1 Å². The Bertz CT molecular complexity index is 1270. The van der Waals surface area contributed by atoms with E-state index in [1.165, 1.54) is 0 Å². The number of anilines is 4. The van der Waals surface area contributed by atoms with E-state index in [0.717, 1.165) is 22.7 Å². The molecular weight excluding hydrogens is 408 g/mol. The molecule has 0 atom stereocenters. The molecule has 0 amide bonds. The Kier molecular flexibility index (Phi) is 5.41. The van der Waals surface area contributed by atoms with Gasteiger partial charge in [0.15, 0.2) is 5.78 Å². The normalized spacial score (nSPS) is 12.9. The number of benzene rings is 4. The molecule has 4 heteroatoms. The minimum Gasteiger partial charge on any atom is -0.507 e. The molecule has 4 nitrogen and oxygen atoms in total. The van der Waals surface area contributed by atoms with Gasteiger partial charge in [-0.15, -0.1) is 0 Å². The first kappa shape index (κ1) is 20.6. The zero-order valence-corrected chi connectivity index (χ0v) is 18.3. The summed E-state index contributed by atoms with van der Waals surface area (Å²) in [6, 6.07) is 35.4. The SMILES string of the molecule is CN1CC(C(=O)c2ccc(N(c3ccccc3)c3ccccc3)cc2)=C(O)c2ccccc21. The van der Waals surface area contributed by atoms with Gasteiger partial charge in [-0.1, -0.05) is 48.5 Å². The molecule has 1 aliphatic heterocycles. The van der Waals surface area contributed by atoms with E-state index in [-0.39, 0.29) is 11.5 Å². The molecule has 0 radical (unpaired) electrons. The number of hydrogen-bond donors (Lipinski definition) is 1. The average Bonchev–Trinajstić information content (AvgIpc) is 2.88. The highest BCUT2D eigenvalue weighted by atomic mass is 16.3. The molecule has 0 aliphatic carbocycles. The quantitative estimate of drug-likeness (QED) is 0.354. The monoisotopic (exact) mass is 432 g/mol. The zero-order valence-electron chi connectivity index (χ0n) is 18.3. The van der Waals surface area contributed by atoms with Crippen molar-refractivity contribution in [3.8, 4) is 0 Å². The lowest BCUT2D eigenvalue weighted by atomic mass is 9.94. The van der Waals surface area contributed by atoms with Crippen molar-refractivity contribution in [3.05, 3.63) is 126 Å². The molecule has 4 aromatic carbocycles. The number of carbonyl (C=O) groups is 1. The van der Waals surface area contributed by atoms with E-state index in [2.05, 4.69) is 29.2 Å². The number of hydrogen-bond acceptors (Lipinski definition) is 4. The average molecular weight is 433 g/mol. The summed E-state index contributed by atoms with van der Waals surface area (Å²) < 4.78 is 0. The Morgan fingerprint density at radius 3 is 1.85 bits per heavy atom. The van der Waals surface area contributed by atoms with Crippen molar-refractivity contribution in [1.29, 1.82) is 0 Å². The van der Waals surface area contributed by atoms with Crippen LogP contribution in [0.5, 0.6) is 0 Å². The van der Waals surface area contributed by atoms with E-state index >= 15 is 0 Å². The molecule has 5 rings (SSSR count). The van der Waals surface area contributed by atoms with Gasteiger partial charge in [-0.25, -0.2) is 0 Å². The first-order valence-electron chi connectivity index (χ1n) is 10.9. The minimum absolute atomic E-state index is 0.0629. The fourth-order valence-corrected chi connectivity index (χ4v) is 4.28. The van der Waals surface area contributed by atoms with Crippen molar-refractivity contribution in [2.45, 2.75) is 0 Å². The van der Waals surface area contributed by atoms with Gasteiger partial charge in [0, 0.05) is 40.9 Å². The van der Waals surface area contributed by atoms with Crippen LogP contribution in [-0.2, 0) is 0 Å². The second kappa shape index (κ2) is 8.67. The summed E-state index contributed by atoms with van der Waals surface area (Å²) in [4.78, 5) is 17.5. The molecular formula is C29H24N2O2. The fourth-order valence-electron chi connectivity index (χ4n) is 4.28. The van der Waals surface area contributed by atoms with Gasteiger partial charge in [0.25, 0.3) is 0 Å². The Labute approximate surface area is 193 Å². The van der Waals surface area contributed by atoms with Gasteiger partial charge >= 0.3 is 0 Å². The molecule has 4 aromatic rings. The predicted octanol–water partition coefficient (Wildman–Crippen LogP) is 6.76. The van der Waals surface area contributed by atoms with Crippen LogP contribution in [0.25, 0.3) is 5.76 Å². The third-order valence-corrected chi connectivity index (χ3v) is 5.94. The Hall–Kier alpha value is -4.31. The topological polar surface area (TPSA) is 43.8 Å². The summed E-state index contributed by atoms with van der Waals surface area (Å²) in [5, 5.41) is 10.8. The molecule has 0 saturated carbocycles. The van der Waals surface area contributed by atoms with Crippen molar-refractivity contribution < 1.29 is 9.90 Å². The number of Topliss-reactive ketones (excluding diaryl/α,β-unsaturated/α-hetero) is 1. The van der Waals surface area contributed by atoms with E-state index < -0.39 is 0 Å². The van der Waals surface area contributed by atoms with Crippen molar-refractivity contribution in [3.63, 3.8) is 0 Å². The third kappa shape index (κ3) is 3.87. The van der Waals surface area contributed by atoms with Gasteiger partial charge in [-0.05, 0) is 60.7 Å². The van der Waals surface area contributed by atoms with E-state index in [1.54, 1.807) is 0 Å². The number of rotatable bonds is 5. The molecule has 1 heterocycles. The Balaban J connectivity index is 1.50. The van der Waals surface area contributed by atoms with Crippen molar-refractivity contribution >= 4 is 34.3 Å². The molecule has 162 valence electrons. The first-order valence-corrected chi connectivity index (χ1v) is 10.9. The number of carbonyl (C=O) groups excluding carboxylic acids is 1. The van der Waals surface area contributed by atoms with Crippen LogP contribution in [0.4, 0.5) is 22.7 Å². The van der Waals surface area contributed by atoms with Crippen molar-refractivity contribution in [2.75, 3.05) is 23.4 Å². The van der Waals surface area contributed by atoms with Crippen LogP contribution in [0.2, 0.25) is 0 Å². The summed E-state index contributed by atoms with van der Waals surface area (Å²) >= 11 is 0. The summed E-state index contributed by atoms with van der Waals surface area (Å²) in [5.74, 6) is -0.0978. The van der Waals surface area contributed by atoms with Crippen LogP contribution in [0.1, 0.15) is 15.9 Å². The third-order valence-electron chi connectivity index (χ3n) is 5.94. The summed E-state index contributed by atoms with van der Waals surface area (Å²) in [6.07, 6.45) is 0. The molecule has 1 N–H and O–H groups in total. The second-order valence-electron chi connectivity index (χ2n) is 8.08. The van der Waals surface area contributed by atoms with Gasteiger partial charge in [0.2, 0.25) is 0 Å². The van der Waals surface area contributed by atoms with Gasteiger partial charge in [0.1, 0.15) is 5.76 Å². The highest BCUT2D eigenvalue weighted by Gasteiger charge is 2.27. The van der Waals surface area contributed by atoms with Crippen LogP contribution in [0, 0.1) is 0 Å². The Morgan fingerprint density at radius 2 is 1.24 bits per heavy atom. The lowest BCUT2D eigenvalue weighted by Gasteiger charge is -2.29.